The van der Waals surface area contributed by atoms with Crippen molar-refractivity contribution in [1.29, 1.82) is 0 Å². The number of nitrogens with one attached hydrogen (secondary N) is 1. The highest BCUT2D eigenvalue weighted by atomic mass is 16.4. The molecule has 8 nitrogen and oxygen atoms in total. The average Bonchev–Trinajstić information content (AvgIpc) is 3.05. The Morgan fingerprint density at radius 3 is 2.39 bits per heavy atom. The highest BCUT2D eigenvalue weighted by Gasteiger charge is 2.31. The molecule has 0 aliphatic carbocycles. The van der Waals surface area contributed by atoms with E-state index in [2.05, 4.69) is 20.6 Å². The molecule has 0 aliphatic rings. The zero-order chi connectivity index (χ0) is 16.8. The molecule has 0 saturated heterocycles. The summed E-state index contributed by atoms with van der Waals surface area (Å²) in [7, 11) is 0. The van der Waals surface area contributed by atoms with Crippen LogP contribution >= 0.6 is 0 Å². The van der Waals surface area contributed by atoms with Gasteiger partial charge < -0.3 is 10.2 Å². The summed E-state index contributed by atoms with van der Waals surface area (Å²) < 4.78 is 0. The summed E-state index contributed by atoms with van der Waals surface area (Å²) in [5, 5.41) is 32.2. The van der Waals surface area contributed by atoms with Crippen LogP contribution < -0.4 is 0 Å². The molecule has 0 radical (unpaired) electrons. The third kappa shape index (κ3) is 4.12. The molecule has 3 N–H and O–H groups in total. The molecule has 1 aromatic heterocycles. The summed E-state index contributed by atoms with van der Waals surface area (Å²) >= 11 is 0. The summed E-state index contributed by atoms with van der Waals surface area (Å²) in [6.45, 7) is 1.92. The van der Waals surface area contributed by atoms with Crippen LogP contribution in [-0.2, 0) is 11.2 Å². The van der Waals surface area contributed by atoms with Gasteiger partial charge in [-0.05, 0) is 30.5 Å². The Hall–Kier alpha value is -2.77. The lowest BCUT2D eigenvalue weighted by Gasteiger charge is -2.21. The smallest absolute Gasteiger partial charge is 0.335 e. The Bertz CT molecular complexity index is 655. The van der Waals surface area contributed by atoms with Gasteiger partial charge in [0.25, 0.3) is 0 Å². The van der Waals surface area contributed by atoms with Gasteiger partial charge in [-0.25, -0.2) is 4.79 Å². The van der Waals surface area contributed by atoms with Crippen LogP contribution in [0, 0.1) is 5.92 Å². The topological polar surface area (TPSA) is 129 Å². The normalized spacial score (nSPS) is 13.4. The Morgan fingerprint density at radius 2 is 1.91 bits per heavy atom. The van der Waals surface area contributed by atoms with E-state index in [1.54, 1.807) is 12.1 Å². The number of H-pyrrole nitrogens is 1. The van der Waals surface area contributed by atoms with Gasteiger partial charge in [0.1, 0.15) is 0 Å². The Balaban J connectivity index is 2.27. The zero-order valence-electron chi connectivity index (χ0n) is 12.6. The average molecular weight is 318 g/mol. The third-order valence-corrected chi connectivity index (χ3v) is 3.75. The molecule has 2 aromatic rings. The van der Waals surface area contributed by atoms with Gasteiger partial charge >= 0.3 is 11.9 Å². The molecule has 0 aliphatic heterocycles. The molecule has 2 rings (SSSR count). The summed E-state index contributed by atoms with van der Waals surface area (Å²) in [4.78, 5) is 22.5. The first-order valence-corrected chi connectivity index (χ1v) is 7.31. The predicted octanol–water partition coefficient (Wildman–Crippen LogP) is 1.73. The maximum absolute atomic E-state index is 11.6. The molecule has 8 heteroatoms. The standard InChI is InChI=1S/C15H18N4O4/c1-2-3-11(15(22)23)12(13-16-18-19-17-13)8-9-4-6-10(7-5-9)14(20)21/h4-7,11-12H,2-3,8H2,1H3,(H,20,21)(H,22,23)(H,16,17,18,19)/t11-,12-/m0/s1. The Kier molecular flexibility index (Phi) is 5.40. The second-order valence-electron chi connectivity index (χ2n) is 5.32. The number of carbonyl (C=O) groups is 2. The molecule has 1 aromatic carbocycles. The van der Waals surface area contributed by atoms with Crippen LogP contribution in [0.2, 0.25) is 0 Å². The van der Waals surface area contributed by atoms with Crippen LogP contribution in [0.4, 0.5) is 0 Å². The van der Waals surface area contributed by atoms with Crippen molar-refractivity contribution in [1.82, 2.24) is 20.6 Å². The van der Waals surface area contributed by atoms with E-state index in [0.717, 1.165) is 12.0 Å². The number of carboxylic acids is 2. The number of aromatic amines is 1. The fourth-order valence-electron chi connectivity index (χ4n) is 2.59. The molecule has 1 heterocycles. The van der Waals surface area contributed by atoms with E-state index in [9.17, 15) is 14.7 Å². The number of carboxylic acid groups (broad SMARTS) is 2. The van der Waals surface area contributed by atoms with Crippen molar-refractivity contribution in [3.63, 3.8) is 0 Å². The number of nitrogens with zero attached hydrogens (tertiary/aromatic N) is 3. The number of rotatable bonds is 8. The van der Waals surface area contributed by atoms with Crippen LogP contribution in [0.15, 0.2) is 24.3 Å². The highest BCUT2D eigenvalue weighted by molar-refractivity contribution is 5.87. The van der Waals surface area contributed by atoms with Crippen LogP contribution in [0.1, 0.15) is 47.4 Å². The first-order valence-electron chi connectivity index (χ1n) is 7.31. The molecule has 0 saturated carbocycles. The lowest BCUT2D eigenvalue weighted by atomic mass is 9.83. The minimum Gasteiger partial charge on any atom is -0.481 e. The molecule has 0 unspecified atom stereocenters. The summed E-state index contributed by atoms with van der Waals surface area (Å²) in [6.07, 6.45) is 1.63. The van der Waals surface area contributed by atoms with Crippen molar-refractivity contribution in [3.05, 3.63) is 41.2 Å². The number of hydrogen-bond donors (Lipinski definition) is 3. The van der Waals surface area contributed by atoms with Crippen LogP contribution in [0.3, 0.4) is 0 Å². The molecule has 2 atom stereocenters. The molecular formula is C15H18N4O4. The van der Waals surface area contributed by atoms with Gasteiger partial charge in [0.15, 0.2) is 5.82 Å². The minimum absolute atomic E-state index is 0.188. The monoisotopic (exact) mass is 318 g/mol. The predicted molar refractivity (Wildman–Crippen MR) is 80.1 cm³/mol. The van der Waals surface area contributed by atoms with Gasteiger partial charge in [-0.1, -0.05) is 30.7 Å². The summed E-state index contributed by atoms with van der Waals surface area (Å²) in [5.74, 6) is -2.60. The Labute approximate surface area is 132 Å². The van der Waals surface area contributed by atoms with E-state index >= 15 is 0 Å². The van der Waals surface area contributed by atoms with Crippen molar-refractivity contribution in [2.45, 2.75) is 32.1 Å². The lowest BCUT2D eigenvalue weighted by Crippen LogP contribution is -2.25. The van der Waals surface area contributed by atoms with Crippen molar-refractivity contribution >= 4 is 11.9 Å². The number of benzene rings is 1. The SMILES string of the molecule is CCC[C@H](C(=O)O)[C@H](Cc1ccc(C(=O)O)cc1)c1nn[nH]n1. The number of aromatic nitrogens is 4. The molecule has 122 valence electrons. The minimum atomic E-state index is -0.999. The second kappa shape index (κ2) is 7.48. The maximum Gasteiger partial charge on any atom is 0.335 e. The molecule has 0 amide bonds. The summed E-state index contributed by atoms with van der Waals surface area (Å²) in [5.41, 5.74) is 1.01. The maximum atomic E-state index is 11.6. The fourth-order valence-corrected chi connectivity index (χ4v) is 2.59. The van der Waals surface area contributed by atoms with Crippen molar-refractivity contribution < 1.29 is 19.8 Å². The zero-order valence-corrected chi connectivity index (χ0v) is 12.6. The van der Waals surface area contributed by atoms with Crippen LogP contribution in [-0.4, -0.2) is 42.8 Å². The van der Waals surface area contributed by atoms with Gasteiger partial charge in [-0.15, -0.1) is 10.2 Å². The van der Waals surface area contributed by atoms with Gasteiger partial charge in [0.05, 0.1) is 11.5 Å². The van der Waals surface area contributed by atoms with Gasteiger partial charge in [0, 0.05) is 5.92 Å². The fraction of sp³-hybridized carbons (Fsp3) is 0.400. The van der Waals surface area contributed by atoms with Crippen LogP contribution in [0.5, 0.6) is 0 Å². The number of aromatic carboxylic acids is 1. The molecular weight excluding hydrogens is 300 g/mol. The first kappa shape index (κ1) is 16.6. The molecule has 0 spiro atoms. The van der Waals surface area contributed by atoms with Crippen molar-refractivity contribution in [2.75, 3.05) is 0 Å². The lowest BCUT2D eigenvalue weighted by molar-refractivity contribution is -0.143. The van der Waals surface area contributed by atoms with E-state index in [0.29, 0.717) is 18.7 Å². The van der Waals surface area contributed by atoms with E-state index in [-0.39, 0.29) is 5.56 Å². The third-order valence-electron chi connectivity index (χ3n) is 3.75. The van der Waals surface area contributed by atoms with Crippen molar-refractivity contribution in [3.8, 4) is 0 Å². The molecule has 0 bridgehead atoms. The van der Waals surface area contributed by atoms with Gasteiger partial charge in [-0.2, -0.15) is 5.21 Å². The molecule has 23 heavy (non-hydrogen) atoms. The van der Waals surface area contributed by atoms with E-state index < -0.39 is 23.8 Å². The largest absolute Gasteiger partial charge is 0.481 e. The quantitative estimate of drug-likeness (QED) is 0.675. The molecule has 0 fully saturated rings. The number of hydrogen-bond acceptors (Lipinski definition) is 5. The van der Waals surface area contributed by atoms with E-state index in [1.165, 1.54) is 12.1 Å². The number of tetrazole rings is 1. The number of aliphatic carboxylic acids is 1. The highest BCUT2D eigenvalue weighted by Crippen LogP contribution is 2.29. The second-order valence-corrected chi connectivity index (χ2v) is 5.32. The van der Waals surface area contributed by atoms with Crippen LogP contribution in [0.25, 0.3) is 0 Å². The summed E-state index contributed by atoms with van der Waals surface area (Å²) in [6, 6.07) is 6.36. The Morgan fingerprint density at radius 1 is 1.22 bits per heavy atom. The van der Waals surface area contributed by atoms with Gasteiger partial charge in [-0.3, -0.25) is 4.79 Å². The van der Waals surface area contributed by atoms with E-state index in [1.807, 2.05) is 6.92 Å². The van der Waals surface area contributed by atoms with E-state index in [4.69, 9.17) is 5.11 Å². The van der Waals surface area contributed by atoms with Gasteiger partial charge in [0.2, 0.25) is 0 Å². The first-order chi connectivity index (χ1) is 11.0. The van der Waals surface area contributed by atoms with Crippen molar-refractivity contribution in [2.24, 2.45) is 5.92 Å².